The van der Waals surface area contributed by atoms with Crippen molar-refractivity contribution in [2.24, 2.45) is 5.73 Å². The second kappa shape index (κ2) is 9.43. The highest BCUT2D eigenvalue weighted by molar-refractivity contribution is 6.37. The number of rotatable bonds is 3. The first-order valence-corrected chi connectivity index (χ1v) is 10.8. The molecule has 10 heteroatoms. The topological polar surface area (TPSA) is 73.3 Å². The number of nitrogens with zero attached hydrogens (tertiary/aromatic N) is 3. The van der Waals surface area contributed by atoms with E-state index < -0.39 is 5.91 Å². The molecule has 1 fully saturated rings. The second-order valence-electron chi connectivity index (χ2n) is 7.69. The number of carbonyl (C=O) groups excluding carboxylic acids is 1. The first-order valence-electron chi connectivity index (χ1n) is 9.68. The number of fused-ring (bicyclic) bond motifs is 1. The molecule has 2 N–H and O–H groups in total. The molecule has 1 aromatic heterocycles. The van der Waals surface area contributed by atoms with Gasteiger partial charge in [-0.1, -0.05) is 41.2 Å². The normalized spacial score (nSPS) is 17.4. The average Bonchev–Trinajstić information content (AvgIpc) is 2.81. The van der Waals surface area contributed by atoms with E-state index in [2.05, 4.69) is 4.90 Å². The molecule has 166 valence electrons. The predicted molar refractivity (Wildman–Crippen MR) is 129 cm³/mol. The molecule has 6 nitrogen and oxygen atoms in total. The zero-order valence-electron chi connectivity index (χ0n) is 16.8. The Morgan fingerprint density at radius 3 is 2.52 bits per heavy atom. The predicted octanol–water partition coefficient (Wildman–Crippen LogP) is 4.93. The summed E-state index contributed by atoms with van der Waals surface area (Å²) < 4.78 is 3.21. The molecular weight excluding hydrogens is 482 g/mol. The van der Waals surface area contributed by atoms with E-state index in [1.54, 1.807) is 28.8 Å². The molecule has 0 radical (unpaired) electrons. The Bertz CT molecular complexity index is 1200. The van der Waals surface area contributed by atoms with Crippen LogP contribution in [0.4, 0.5) is 0 Å². The number of hydrogen-bond acceptors (Lipinski definition) is 3. The molecule has 0 aliphatic carbocycles. The van der Waals surface area contributed by atoms with Crippen LogP contribution in [0.3, 0.4) is 0 Å². The number of likely N-dealkylation sites (tertiary alicyclic amines) is 1. The highest BCUT2D eigenvalue weighted by Gasteiger charge is 2.27. The quantitative estimate of drug-likeness (QED) is 0.550. The van der Waals surface area contributed by atoms with Gasteiger partial charge in [-0.25, -0.2) is 4.79 Å². The van der Waals surface area contributed by atoms with Crippen LogP contribution in [0.25, 0.3) is 16.7 Å². The fourth-order valence-electron chi connectivity index (χ4n) is 4.19. The molecule has 1 amide bonds. The monoisotopic (exact) mass is 502 g/mol. The fraction of sp³-hybridized carbons (Fsp3) is 0.333. The van der Waals surface area contributed by atoms with Crippen molar-refractivity contribution in [1.82, 2.24) is 14.0 Å². The van der Waals surface area contributed by atoms with Crippen LogP contribution < -0.4 is 11.4 Å². The molecule has 1 atom stereocenters. The molecule has 1 aliphatic rings. The largest absolute Gasteiger partial charge is 0.366 e. The van der Waals surface area contributed by atoms with Crippen molar-refractivity contribution in [3.63, 3.8) is 0 Å². The van der Waals surface area contributed by atoms with E-state index in [9.17, 15) is 9.59 Å². The van der Waals surface area contributed by atoms with Gasteiger partial charge in [0.1, 0.15) is 0 Å². The van der Waals surface area contributed by atoms with E-state index in [1.807, 2.05) is 7.05 Å². The van der Waals surface area contributed by atoms with Gasteiger partial charge in [0, 0.05) is 17.1 Å². The SMILES string of the molecule is CN1CCCCC(n2c(=O)n(-c3ccc(Cl)cc3Cl)c3c(Cl)cc(C(N)=O)cc32)C1.Cl. The van der Waals surface area contributed by atoms with Crippen LogP contribution in [0.15, 0.2) is 35.1 Å². The number of imidazole rings is 1. The number of aromatic nitrogens is 2. The van der Waals surface area contributed by atoms with Crippen LogP contribution in [0, 0.1) is 0 Å². The lowest BCUT2D eigenvalue weighted by molar-refractivity contribution is 0.100. The molecule has 1 unspecified atom stereocenters. The molecule has 4 rings (SSSR count). The van der Waals surface area contributed by atoms with Crippen LogP contribution in [0.2, 0.25) is 15.1 Å². The zero-order chi connectivity index (χ0) is 21.6. The smallest absolute Gasteiger partial charge is 0.334 e. The van der Waals surface area contributed by atoms with Gasteiger partial charge in [0.05, 0.1) is 32.8 Å². The molecule has 0 spiro atoms. The van der Waals surface area contributed by atoms with E-state index in [4.69, 9.17) is 40.5 Å². The molecule has 1 saturated heterocycles. The number of hydrogen-bond donors (Lipinski definition) is 1. The Morgan fingerprint density at radius 2 is 1.84 bits per heavy atom. The highest BCUT2D eigenvalue weighted by atomic mass is 35.5. The average molecular weight is 504 g/mol. The van der Waals surface area contributed by atoms with Gasteiger partial charge < -0.3 is 10.6 Å². The number of carbonyl (C=O) groups is 1. The van der Waals surface area contributed by atoms with Gasteiger partial charge in [-0.3, -0.25) is 13.9 Å². The van der Waals surface area contributed by atoms with Gasteiger partial charge in [0.25, 0.3) is 0 Å². The lowest BCUT2D eigenvalue weighted by Crippen LogP contribution is -2.32. The van der Waals surface area contributed by atoms with E-state index in [1.165, 1.54) is 10.6 Å². The summed E-state index contributed by atoms with van der Waals surface area (Å²) in [5.74, 6) is -0.604. The highest BCUT2D eigenvalue weighted by Crippen LogP contribution is 2.33. The van der Waals surface area contributed by atoms with Crippen LogP contribution in [-0.2, 0) is 0 Å². The van der Waals surface area contributed by atoms with Crippen molar-refractivity contribution in [3.05, 3.63) is 61.4 Å². The third-order valence-electron chi connectivity index (χ3n) is 5.57. The molecule has 31 heavy (non-hydrogen) atoms. The van der Waals surface area contributed by atoms with Crippen molar-refractivity contribution in [2.75, 3.05) is 20.1 Å². The minimum Gasteiger partial charge on any atom is -0.366 e. The summed E-state index contributed by atoms with van der Waals surface area (Å²) in [5.41, 5.74) is 7.03. The van der Waals surface area contributed by atoms with Gasteiger partial charge in [-0.15, -0.1) is 12.4 Å². The molecule has 2 heterocycles. The van der Waals surface area contributed by atoms with Crippen molar-refractivity contribution in [2.45, 2.75) is 25.3 Å². The Morgan fingerprint density at radius 1 is 1.10 bits per heavy atom. The minimum absolute atomic E-state index is 0. The van der Waals surface area contributed by atoms with Gasteiger partial charge in [0.15, 0.2) is 0 Å². The molecule has 2 aromatic carbocycles. The summed E-state index contributed by atoms with van der Waals surface area (Å²) >= 11 is 19.1. The summed E-state index contributed by atoms with van der Waals surface area (Å²) in [5, 5.41) is 1.05. The van der Waals surface area contributed by atoms with Crippen LogP contribution in [0.5, 0.6) is 0 Å². The molecular formula is C21H22Cl4N4O2. The first kappa shape index (κ1) is 24.0. The lowest BCUT2D eigenvalue weighted by atomic mass is 10.1. The van der Waals surface area contributed by atoms with Crippen molar-refractivity contribution in [3.8, 4) is 5.69 Å². The Balaban J connectivity index is 0.00000272. The number of halogens is 4. The number of primary amides is 1. The minimum atomic E-state index is -0.604. The van der Waals surface area contributed by atoms with E-state index in [-0.39, 0.29) is 34.7 Å². The summed E-state index contributed by atoms with van der Waals surface area (Å²) in [6.07, 6.45) is 2.91. The Kier molecular flexibility index (Phi) is 7.28. The third-order valence-corrected chi connectivity index (χ3v) is 6.40. The molecule has 0 bridgehead atoms. The lowest BCUT2D eigenvalue weighted by Gasteiger charge is -2.21. The standard InChI is InChI=1S/C21H21Cl3N4O2.ClH/c1-26-7-3-2-4-14(11-26)27-18-9-12(20(25)29)8-16(24)19(18)28(21(27)30)17-6-5-13(22)10-15(17)23;/h5-6,8-10,14H,2-4,7,11H2,1H3,(H2,25,29);1H. The van der Waals surface area contributed by atoms with E-state index in [0.29, 0.717) is 33.3 Å². The van der Waals surface area contributed by atoms with Crippen LogP contribution >= 0.6 is 47.2 Å². The fourth-order valence-corrected chi connectivity index (χ4v) is 4.98. The molecule has 3 aromatic rings. The summed E-state index contributed by atoms with van der Waals surface area (Å²) in [6, 6.07) is 7.99. The number of benzene rings is 2. The summed E-state index contributed by atoms with van der Waals surface area (Å²) in [7, 11) is 2.04. The number of nitrogens with two attached hydrogens (primary N) is 1. The van der Waals surface area contributed by atoms with Gasteiger partial charge in [-0.05, 0) is 56.8 Å². The second-order valence-corrected chi connectivity index (χ2v) is 8.94. The van der Waals surface area contributed by atoms with Crippen molar-refractivity contribution in [1.29, 1.82) is 0 Å². The van der Waals surface area contributed by atoms with Crippen molar-refractivity contribution >= 4 is 64.2 Å². The maximum Gasteiger partial charge on any atom is 0.334 e. The number of amides is 1. The first-order chi connectivity index (χ1) is 14.3. The summed E-state index contributed by atoms with van der Waals surface area (Å²) in [6.45, 7) is 1.69. The Labute approximate surface area is 200 Å². The maximum atomic E-state index is 13.7. The van der Waals surface area contributed by atoms with Crippen molar-refractivity contribution < 1.29 is 4.79 Å². The van der Waals surface area contributed by atoms with Gasteiger partial charge in [0.2, 0.25) is 5.91 Å². The van der Waals surface area contributed by atoms with Crippen LogP contribution in [0.1, 0.15) is 35.7 Å². The maximum absolute atomic E-state index is 13.7. The summed E-state index contributed by atoms with van der Waals surface area (Å²) in [4.78, 5) is 27.8. The number of likely N-dealkylation sites (N-methyl/N-ethyl adjacent to an activating group) is 1. The van der Waals surface area contributed by atoms with Crippen LogP contribution in [-0.4, -0.2) is 40.1 Å². The van der Waals surface area contributed by atoms with Gasteiger partial charge >= 0.3 is 5.69 Å². The Hall–Kier alpha value is -1.70. The van der Waals surface area contributed by atoms with E-state index in [0.717, 1.165) is 25.8 Å². The molecule has 0 saturated carbocycles. The zero-order valence-corrected chi connectivity index (χ0v) is 19.9. The molecule has 1 aliphatic heterocycles. The third kappa shape index (κ3) is 4.45. The van der Waals surface area contributed by atoms with Gasteiger partial charge in [-0.2, -0.15) is 0 Å². The van der Waals surface area contributed by atoms with E-state index >= 15 is 0 Å².